The number of fused-ring (bicyclic) bond motifs is 1. The molecule has 0 radical (unpaired) electrons. The fraction of sp³-hybridized carbons (Fsp3) is 0.417. The molecule has 0 amide bonds. The monoisotopic (exact) mass is 271 g/mol. The van der Waals surface area contributed by atoms with Crippen LogP contribution in [0.5, 0.6) is 0 Å². The first-order chi connectivity index (χ1) is 9.04. The molecule has 4 nitrogen and oxygen atoms in total. The first-order valence-electron chi connectivity index (χ1n) is 5.94. The van der Waals surface area contributed by atoms with E-state index in [4.69, 9.17) is 4.74 Å². The third kappa shape index (κ3) is 2.37. The summed E-state index contributed by atoms with van der Waals surface area (Å²) in [6.07, 6.45) is -4.33. The molecule has 2 heterocycles. The third-order valence-electron chi connectivity index (χ3n) is 3.11. The number of morpholine rings is 1. The molecule has 0 atom stereocenters. The maximum Gasteiger partial charge on any atom is 0.416 e. The summed E-state index contributed by atoms with van der Waals surface area (Å²) < 4.78 is 43.1. The Labute approximate surface area is 107 Å². The second-order valence-electron chi connectivity index (χ2n) is 4.39. The molecule has 0 unspecified atom stereocenters. The summed E-state index contributed by atoms with van der Waals surface area (Å²) in [5.41, 5.74) is 0.267. The molecule has 1 aromatic carbocycles. The zero-order valence-electron chi connectivity index (χ0n) is 10.00. The molecule has 1 N–H and O–H groups in total. The minimum atomic E-state index is -4.33. The van der Waals surface area contributed by atoms with E-state index >= 15 is 0 Å². The molecule has 102 valence electrons. The van der Waals surface area contributed by atoms with Gasteiger partial charge >= 0.3 is 6.18 Å². The Morgan fingerprint density at radius 2 is 1.95 bits per heavy atom. The lowest BCUT2D eigenvalue weighted by Gasteiger charge is -2.26. The van der Waals surface area contributed by atoms with Crippen molar-refractivity contribution in [3.8, 4) is 0 Å². The van der Waals surface area contributed by atoms with E-state index in [9.17, 15) is 13.2 Å². The number of aromatic nitrogens is 2. The lowest BCUT2D eigenvalue weighted by molar-refractivity contribution is -0.137. The smallest absolute Gasteiger partial charge is 0.378 e. The number of alkyl halides is 3. The molecule has 1 saturated heterocycles. The lowest BCUT2D eigenvalue weighted by atomic mass is 10.2. The minimum Gasteiger partial charge on any atom is -0.378 e. The van der Waals surface area contributed by atoms with E-state index in [-0.39, 0.29) is 0 Å². The molecule has 1 fully saturated rings. The fourth-order valence-corrected chi connectivity index (χ4v) is 2.10. The highest BCUT2D eigenvalue weighted by molar-refractivity contribution is 5.78. The van der Waals surface area contributed by atoms with Crippen LogP contribution in [-0.4, -0.2) is 36.3 Å². The Morgan fingerprint density at radius 1 is 1.21 bits per heavy atom. The van der Waals surface area contributed by atoms with Crippen molar-refractivity contribution in [1.82, 2.24) is 9.97 Å². The van der Waals surface area contributed by atoms with Crippen LogP contribution in [0.1, 0.15) is 5.56 Å². The van der Waals surface area contributed by atoms with E-state index in [1.807, 2.05) is 4.90 Å². The number of nitrogens with one attached hydrogen (secondary N) is 1. The van der Waals surface area contributed by atoms with Crippen LogP contribution in [0.2, 0.25) is 0 Å². The summed E-state index contributed by atoms with van der Waals surface area (Å²) in [6, 6.07) is 3.52. The standard InChI is InChI=1S/C12H12F3N3O/c13-12(14,15)8-1-2-9-10(7-8)17-11(16-9)18-3-5-19-6-4-18/h1-2,7H,3-6H2,(H,16,17). The number of aromatic amines is 1. The molecule has 3 rings (SSSR count). The number of benzene rings is 1. The van der Waals surface area contributed by atoms with Gasteiger partial charge in [0.05, 0.1) is 29.8 Å². The molecule has 0 spiro atoms. The van der Waals surface area contributed by atoms with Crippen LogP contribution in [0.4, 0.5) is 19.1 Å². The van der Waals surface area contributed by atoms with Crippen LogP contribution in [0.3, 0.4) is 0 Å². The number of anilines is 1. The maximum atomic E-state index is 12.6. The molecule has 2 aromatic rings. The van der Waals surface area contributed by atoms with Gasteiger partial charge in [0.25, 0.3) is 0 Å². The van der Waals surface area contributed by atoms with Crippen molar-refractivity contribution >= 4 is 17.0 Å². The molecule has 1 aliphatic heterocycles. The first kappa shape index (κ1) is 12.3. The van der Waals surface area contributed by atoms with Gasteiger partial charge in [0.15, 0.2) is 0 Å². The summed E-state index contributed by atoms with van der Waals surface area (Å²) >= 11 is 0. The number of rotatable bonds is 1. The average Bonchev–Trinajstić information content (AvgIpc) is 2.81. The van der Waals surface area contributed by atoms with Gasteiger partial charge < -0.3 is 14.6 Å². The number of H-pyrrole nitrogens is 1. The number of hydrogen-bond donors (Lipinski definition) is 1. The Kier molecular flexibility index (Phi) is 2.85. The zero-order chi connectivity index (χ0) is 13.5. The lowest BCUT2D eigenvalue weighted by Crippen LogP contribution is -2.36. The molecule has 19 heavy (non-hydrogen) atoms. The Balaban J connectivity index is 1.96. The molecule has 1 aliphatic rings. The summed E-state index contributed by atoms with van der Waals surface area (Å²) in [7, 11) is 0. The van der Waals surface area contributed by atoms with Crippen LogP contribution >= 0.6 is 0 Å². The fourth-order valence-electron chi connectivity index (χ4n) is 2.10. The molecule has 7 heteroatoms. The molecule has 0 bridgehead atoms. The normalized spacial score (nSPS) is 17.1. The SMILES string of the molecule is FC(F)(F)c1ccc2nc(N3CCOCC3)[nH]c2c1. The van der Waals surface area contributed by atoms with Crippen LogP contribution < -0.4 is 4.90 Å². The Hall–Kier alpha value is -1.76. The van der Waals surface area contributed by atoms with Gasteiger partial charge in [-0.15, -0.1) is 0 Å². The van der Waals surface area contributed by atoms with Crippen LogP contribution in [0, 0.1) is 0 Å². The summed E-state index contributed by atoms with van der Waals surface area (Å²) in [5, 5.41) is 0. The predicted octanol–water partition coefficient (Wildman–Crippen LogP) is 2.42. The van der Waals surface area contributed by atoms with Gasteiger partial charge in [-0.1, -0.05) is 0 Å². The van der Waals surface area contributed by atoms with E-state index in [1.165, 1.54) is 6.07 Å². The molecule has 0 aliphatic carbocycles. The Bertz CT molecular complexity index is 587. The number of halogens is 3. The van der Waals surface area contributed by atoms with Crippen molar-refractivity contribution in [1.29, 1.82) is 0 Å². The van der Waals surface area contributed by atoms with Crippen molar-refractivity contribution in [3.05, 3.63) is 23.8 Å². The predicted molar refractivity (Wildman–Crippen MR) is 64.1 cm³/mol. The van der Waals surface area contributed by atoms with Gasteiger partial charge in [0, 0.05) is 13.1 Å². The van der Waals surface area contributed by atoms with Gasteiger partial charge in [0.2, 0.25) is 5.95 Å². The first-order valence-corrected chi connectivity index (χ1v) is 5.94. The number of ether oxygens (including phenoxy) is 1. The summed E-state index contributed by atoms with van der Waals surface area (Å²) in [4.78, 5) is 9.21. The van der Waals surface area contributed by atoms with Gasteiger partial charge in [-0.25, -0.2) is 4.98 Å². The summed E-state index contributed by atoms with van der Waals surface area (Å²) in [5.74, 6) is 0.595. The minimum absolute atomic E-state index is 0.399. The van der Waals surface area contributed by atoms with Gasteiger partial charge in [-0.05, 0) is 18.2 Å². The van der Waals surface area contributed by atoms with E-state index in [2.05, 4.69) is 9.97 Å². The average molecular weight is 271 g/mol. The van der Waals surface area contributed by atoms with Crippen LogP contribution in [0.15, 0.2) is 18.2 Å². The van der Waals surface area contributed by atoms with Crippen LogP contribution in [0.25, 0.3) is 11.0 Å². The second-order valence-corrected chi connectivity index (χ2v) is 4.39. The molecular formula is C12H12F3N3O. The van der Waals surface area contributed by atoms with Crippen molar-refractivity contribution in [3.63, 3.8) is 0 Å². The van der Waals surface area contributed by atoms with Crippen molar-refractivity contribution in [2.24, 2.45) is 0 Å². The number of nitrogens with zero attached hydrogens (tertiary/aromatic N) is 2. The van der Waals surface area contributed by atoms with Crippen molar-refractivity contribution < 1.29 is 17.9 Å². The second kappa shape index (κ2) is 4.41. The quantitative estimate of drug-likeness (QED) is 0.866. The van der Waals surface area contributed by atoms with Crippen LogP contribution in [-0.2, 0) is 10.9 Å². The Morgan fingerprint density at radius 3 is 2.63 bits per heavy atom. The molecular weight excluding hydrogens is 259 g/mol. The van der Waals surface area contributed by atoms with E-state index in [0.717, 1.165) is 12.1 Å². The highest BCUT2D eigenvalue weighted by Gasteiger charge is 2.30. The van der Waals surface area contributed by atoms with Crippen molar-refractivity contribution in [2.45, 2.75) is 6.18 Å². The summed E-state index contributed by atoms with van der Waals surface area (Å²) in [6.45, 7) is 2.58. The van der Waals surface area contributed by atoms with E-state index in [0.29, 0.717) is 43.3 Å². The largest absolute Gasteiger partial charge is 0.416 e. The molecule has 1 aromatic heterocycles. The number of hydrogen-bond acceptors (Lipinski definition) is 3. The molecule has 0 saturated carbocycles. The zero-order valence-corrected chi connectivity index (χ0v) is 10.00. The van der Waals surface area contributed by atoms with Gasteiger partial charge in [0.1, 0.15) is 0 Å². The maximum absolute atomic E-state index is 12.6. The highest BCUT2D eigenvalue weighted by Crippen LogP contribution is 2.31. The highest BCUT2D eigenvalue weighted by atomic mass is 19.4. The number of imidazole rings is 1. The van der Waals surface area contributed by atoms with E-state index < -0.39 is 11.7 Å². The van der Waals surface area contributed by atoms with Crippen molar-refractivity contribution in [2.75, 3.05) is 31.2 Å². The van der Waals surface area contributed by atoms with E-state index in [1.54, 1.807) is 0 Å². The topological polar surface area (TPSA) is 41.2 Å². The third-order valence-corrected chi connectivity index (χ3v) is 3.11. The van der Waals surface area contributed by atoms with Gasteiger partial charge in [-0.3, -0.25) is 0 Å². The van der Waals surface area contributed by atoms with Gasteiger partial charge in [-0.2, -0.15) is 13.2 Å².